The van der Waals surface area contributed by atoms with Crippen LogP contribution in [-0.4, -0.2) is 41.9 Å². The number of nitrogens with zero attached hydrogens (tertiary/aromatic N) is 2. The Morgan fingerprint density at radius 1 is 1.00 bits per heavy atom. The van der Waals surface area contributed by atoms with Crippen LogP contribution in [0.15, 0.2) is 61.2 Å². The second-order valence-corrected chi connectivity index (χ2v) is 9.55. The average molecular weight is 457 g/mol. The highest BCUT2D eigenvalue weighted by molar-refractivity contribution is 6.42. The number of carbonyl (C=O) groups excluding carboxylic acids is 1. The lowest BCUT2D eigenvalue weighted by atomic mass is 9.70. The third kappa shape index (κ3) is 4.55. The maximum Gasteiger partial charge on any atom is 0.234 e. The standard InChI is InChI=1S/C26H30Cl2N2O/c1-2-13-26(21-11-12-22(27)23(28)18-21)14-8-17-30(25(26)31)24(19-29-15-6-7-16-29)20-9-4-3-5-10-20/h2-5,9-12,18,24H,1,6-8,13-17,19H2/t24?,26-/m1/s1. The zero-order chi connectivity index (χ0) is 21.8. The lowest BCUT2D eigenvalue weighted by Gasteiger charge is -2.46. The molecule has 0 radical (unpaired) electrons. The molecule has 31 heavy (non-hydrogen) atoms. The van der Waals surface area contributed by atoms with Gasteiger partial charge in [0.15, 0.2) is 0 Å². The van der Waals surface area contributed by atoms with Crippen molar-refractivity contribution in [2.24, 2.45) is 0 Å². The minimum atomic E-state index is -0.647. The molecule has 3 nitrogen and oxygen atoms in total. The Balaban J connectivity index is 1.72. The van der Waals surface area contributed by atoms with E-state index >= 15 is 0 Å². The van der Waals surface area contributed by atoms with E-state index in [2.05, 4.69) is 40.6 Å². The molecule has 1 unspecified atom stereocenters. The van der Waals surface area contributed by atoms with Crippen LogP contribution >= 0.6 is 23.2 Å². The van der Waals surface area contributed by atoms with Gasteiger partial charge in [0, 0.05) is 13.1 Å². The summed E-state index contributed by atoms with van der Waals surface area (Å²) in [4.78, 5) is 18.8. The van der Waals surface area contributed by atoms with Gasteiger partial charge in [-0.15, -0.1) is 6.58 Å². The molecule has 0 N–H and O–H groups in total. The highest BCUT2D eigenvalue weighted by atomic mass is 35.5. The van der Waals surface area contributed by atoms with Crippen LogP contribution in [0.2, 0.25) is 10.0 Å². The Bertz CT molecular complexity index is 926. The van der Waals surface area contributed by atoms with Crippen molar-refractivity contribution in [3.63, 3.8) is 0 Å². The summed E-state index contributed by atoms with van der Waals surface area (Å²) in [5.41, 5.74) is 1.49. The molecule has 4 rings (SSSR count). The monoisotopic (exact) mass is 456 g/mol. The van der Waals surface area contributed by atoms with Crippen LogP contribution in [-0.2, 0) is 10.2 Å². The van der Waals surface area contributed by atoms with Gasteiger partial charge in [-0.1, -0.05) is 65.7 Å². The van der Waals surface area contributed by atoms with E-state index in [1.165, 1.54) is 18.4 Å². The molecule has 0 bridgehead atoms. The topological polar surface area (TPSA) is 23.6 Å². The first kappa shape index (κ1) is 22.4. The molecule has 1 amide bonds. The predicted octanol–water partition coefficient (Wildman–Crippen LogP) is 6.27. The number of halogens is 2. The van der Waals surface area contributed by atoms with Crippen molar-refractivity contribution in [2.45, 2.75) is 43.6 Å². The second kappa shape index (κ2) is 9.77. The first-order valence-electron chi connectivity index (χ1n) is 11.2. The number of hydrogen-bond donors (Lipinski definition) is 0. The summed E-state index contributed by atoms with van der Waals surface area (Å²) in [6.07, 6.45) is 6.66. The van der Waals surface area contributed by atoms with Crippen molar-refractivity contribution >= 4 is 29.1 Å². The van der Waals surface area contributed by atoms with E-state index in [0.717, 1.165) is 44.6 Å². The molecular weight excluding hydrogens is 427 g/mol. The third-order valence-corrected chi connectivity index (χ3v) is 7.57. The lowest BCUT2D eigenvalue weighted by molar-refractivity contribution is -0.144. The molecule has 0 saturated carbocycles. The summed E-state index contributed by atoms with van der Waals surface area (Å²) in [6.45, 7) is 7.83. The minimum Gasteiger partial charge on any atom is -0.334 e. The van der Waals surface area contributed by atoms with Gasteiger partial charge >= 0.3 is 0 Å². The fourth-order valence-corrected chi connectivity index (χ4v) is 5.51. The number of allylic oxidation sites excluding steroid dienone is 1. The van der Waals surface area contributed by atoms with E-state index in [-0.39, 0.29) is 11.9 Å². The van der Waals surface area contributed by atoms with Gasteiger partial charge in [-0.2, -0.15) is 0 Å². The first-order valence-corrected chi connectivity index (χ1v) is 12.0. The molecule has 0 aromatic heterocycles. The van der Waals surface area contributed by atoms with Crippen molar-refractivity contribution in [2.75, 3.05) is 26.2 Å². The van der Waals surface area contributed by atoms with Crippen LogP contribution < -0.4 is 0 Å². The normalized spacial score (nSPS) is 23.2. The van der Waals surface area contributed by atoms with Gasteiger partial charge in [0.05, 0.1) is 21.5 Å². The van der Waals surface area contributed by atoms with Crippen LogP contribution in [0, 0.1) is 0 Å². The summed E-state index contributed by atoms with van der Waals surface area (Å²) in [5, 5.41) is 1.000. The van der Waals surface area contributed by atoms with Gasteiger partial charge in [-0.3, -0.25) is 4.79 Å². The van der Waals surface area contributed by atoms with Crippen molar-refractivity contribution in [3.8, 4) is 0 Å². The van der Waals surface area contributed by atoms with Gasteiger partial charge in [0.2, 0.25) is 5.91 Å². The number of carbonyl (C=O) groups is 1. The van der Waals surface area contributed by atoms with Crippen molar-refractivity contribution in [3.05, 3.63) is 82.4 Å². The highest BCUT2D eigenvalue weighted by Gasteiger charge is 2.46. The second-order valence-electron chi connectivity index (χ2n) is 8.74. The molecule has 2 aromatic rings. The van der Waals surface area contributed by atoms with Crippen molar-refractivity contribution in [1.82, 2.24) is 9.80 Å². The SMILES string of the molecule is C=CC[C@]1(c2ccc(Cl)c(Cl)c2)CCCN(C(CN2CCCC2)c2ccccc2)C1=O. The fourth-order valence-electron chi connectivity index (χ4n) is 5.22. The smallest absolute Gasteiger partial charge is 0.234 e. The summed E-state index contributed by atoms with van der Waals surface area (Å²) in [7, 11) is 0. The van der Waals surface area contributed by atoms with E-state index in [0.29, 0.717) is 16.5 Å². The molecular formula is C26H30Cl2N2O. The zero-order valence-electron chi connectivity index (χ0n) is 17.9. The molecule has 2 heterocycles. The molecule has 2 aliphatic heterocycles. The third-order valence-electron chi connectivity index (χ3n) is 6.83. The summed E-state index contributed by atoms with van der Waals surface area (Å²) in [5.74, 6) is 0.171. The quantitative estimate of drug-likeness (QED) is 0.458. The lowest BCUT2D eigenvalue weighted by Crippen LogP contribution is -2.54. The maximum atomic E-state index is 14.2. The van der Waals surface area contributed by atoms with Crippen LogP contribution in [0.25, 0.3) is 0 Å². The maximum absolute atomic E-state index is 14.2. The van der Waals surface area contributed by atoms with E-state index in [1.54, 1.807) is 6.07 Å². The average Bonchev–Trinajstić information content (AvgIpc) is 3.30. The van der Waals surface area contributed by atoms with Crippen molar-refractivity contribution < 1.29 is 4.79 Å². The van der Waals surface area contributed by atoms with E-state index < -0.39 is 5.41 Å². The highest BCUT2D eigenvalue weighted by Crippen LogP contribution is 2.43. The van der Waals surface area contributed by atoms with E-state index in [4.69, 9.17) is 23.2 Å². The number of rotatable bonds is 7. The Hall–Kier alpha value is -1.81. The molecule has 164 valence electrons. The number of piperidine rings is 1. The largest absolute Gasteiger partial charge is 0.334 e. The number of amides is 1. The molecule has 0 aliphatic carbocycles. The number of benzene rings is 2. The zero-order valence-corrected chi connectivity index (χ0v) is 19.4. The number of likely N-dealkylation sites (tertiary alicyclic amines) is 2. The van der Waals surface area contributed by atoms with Gasteiger partial charge in [0.1, 0.15) is 0 Å². The van der Waals surface area contributed by atoms with Crippen LogP contribution in [0.1, 0.15) is 49.3 Å². The van der Waals surface area contributed by atoms with Crippen molar-refractivity contribution in [1.29, 1.82) is 0 Å². The predicted molar refractivity (Wildman–Crippen MR) is 129 cm³/mol. The molecule has 5 heteroatoms. The summed E-state index contributed by atoms with van der Waals surface area (Å²) < 4.78 is 0. The molecule has 2 aromatic carbocycles. The number of hydrogen-bond acceptors (Lipinski definition) is 2. The van der Waals surface area contributed by atoms with E-state index in [9.17, 15) is 4.79 Å². The van der Waals surface area contributed by atoms with Gasteiger partial charge in [-0.25, -0.2) is 0 Å². The molecule has 2 fully saturated rings. The van der Waals surface area contributed by atoms with E-state index in [1.807, 2.05) is 24.3 Å². The Morgan fingerprint density at radius 2 is 1.74 bits per heavy atom. The molecule has 2 saturated heterocycles. The first-order chi connectivity index (χ1) is 15.0. The Labute approximate surface area is 195 Å². The summed E-state index contributed by atoms with van der Waals surface area (Å²) in [6, 6.07) is 16.1. The Morgan fingerprint density at radius 3 is 2.42 bits per heavy atom. The van der Waals surface area contributed by atoms with Crippen LogP contribution in [0.3, 0.4) is 0 Å². The summed E-state index contributed by atoms with van der Waals surface area (Å²) >= 11 is 12.5. The van der Waals surface area contributed by atoms with Gasteiger partial charge in [-0.05, 0) is 68.5 Å². The van der Waals surface area contributed by atoms with Crippen LogP contribution in [0.4, 0.5) is 0 Å². The Kier molecular flexibility index (Phi) is 7.05. The fraction of sp³-hybridized carbons (Fsp3) is 0.423. The van der Waals surface area contributed by atoms with Crippen LogP contribution in [0.5, 0.6) is 0 Å². The van der Waals surface area contributed by atoms with Gasteiger partial charge < -0.3 is 9.80 Å². The van der Waals surface area contributed by atoms with Gasteiger partial charge in [0.25, 0.3) is 0 Å². The molecule has 0 spiro atoms. The molecule has 2 aliphatic rings. The minimum absolute atomic E-state index is 0.0408. The molecule has 2 atom stereocenters.